The van der Waals surface area contributed by atoms with Crippen molar-refractivity contribution >= 4 is 11.8 Å². The van der Waals surface area contributed by atoms with Gasteiger partial charge in [0.25, 0.3) is 0 Å². The van der Waals surface area contributed by atoms with E-state index in [0.717, 1.165) is 18.0 Å². The van der Waals surface area contributed by atoms with Gasteiger partial charge in [0.15, 0.2) is 11.5 Å². The van der Waals surface area contributed by atoms with Gasteiger partial charge >= 0.3 is 0 Å². The first-order valence-corrected chi connectivity index (χ1v) is 7.43. The summed E-state index contributed by atoms with van der Waals surface area (Å²) < 4.78 is 11.2. The Balaban J connectivity index is 2.22. The highest BCUT2D eigenvalue weighted by atomic mass is 32.2. The molecule has 0 saturated heterocycles. The average Bonchev–Trinajstić information content (AvgIpc) is 2.34. The van der Waals surface area contributed by atoms with Crippen LogP contribution >= 0.6 is 11.8 Å². The smallest absolute Gasteiger partial charge is 0.162 e. The third-order valence-corrected chi connectivity index (χ3v) is 3.57. The lowest BCUT2D eigenvalue weighted by molar-refractivity contribution is 0.170. The Kier molecular flexibility index (Phi) is 4.07. The first-order chi connectivity index (χ1) is 8.49. The van der Waals surface area contributed by atoms with Crippen LogP contribution in [-0.4, -0.2) is 25.0 Å². The topological polar surface area (TPSA) is 30.5 Å². The molecular formula is C14H21NO2S. The molecule has 0 radical (unpaired) electrons. The van der Waals surface area contributed by atoms with E-state index in [0.29, 0.717) is 13.2 Å². The minimum atomic E-state index is 0.114. The molecule has 2 rings (SSSR count). The molecule has 100 valence electrons. The van der Waals surface area contributed by atoms with E-state index in [2.05, 4.69) is 44.5 Å². The molecule has 0 unspecified atom stereocenters. The van der Waals surface area contributed by atoms with Gasteiger partial charge in [0.1, 0.15) is 13.2 Å². The number of thioether (sulfide) groups is 1. The fourth-order valence-corrected chi connectivity index (χ4v) is 2.42. The lowest BCUT2D eigenvalue weighted by Crippen LogP contribution is -2.35. The Bertz CT molecular complexity index is 427. The fourth-order valence-electron chi connectivity index (χ4n) is 1.80. The zero-order chi connectivity index (χ0) is 13.2. The number of ether oxygens (including phenoxy) is 2. The highest BCUT2D eigenvalue weighted by molar-refractivity contribution is 7.98. The van der Waals surface area contributed by atoms with Crippen LogP contribution in [0, 0.1) is 0 Å². The Morgan fingerprint density at radius 1 is 1.17 bits per heavy atom. The molecule has 1 heterocycles. The van der Waals surface area contributed by atoms with Crippen LogP contribution in [0.15, 0.2) is 17.0 Å². The van der Waals surface area contributed by atoms with Crippen molar-refractivity contribution in [2.24, 2.45) is 0 Å². The van der Waals surface area contributed by atoms with Gasteiger partial charge in [-0.2, -0.15) is 0 Å². The Labute approximate surface area is 113 Å². The van der Waals surface area contributed by atoms with Gasteiger partial charge in [-0.25, -0.2) is 0 Å². The number of hydrogen-bond donors (Lipinski definition) is 1. The summed E-state index contributed by atoms with van der Waals surface area (Å²) in [5.41, 5.74) is 1.38. The first kappa shape index (κ1) is 13.6. The van der Waals surface area contributed by atoms with Crippen molar-refractivity contribution in [3.8, 4) is 11.5 Å². The molecule has 0 spiro atoms. The molecular weight excluding hydrogens is 246 g/mol. The third-order valence-electron chi connectivity index (χ3n) is 2.75. The summed E-state index contributed by atoms with van der Waals surface area (Å²) in [5.74, 6) is 1.73. The maximum absolute atomic E-state index is 5.63. The summed E-state index contributed by atoms with van der Waals surface area (Å²) >= 11 is 1.74. The maximum Gasteiger partial charge on any atom is 0.162 e. The van der Waals surface area contributed by atoms with Crippen molar-refractivity contribution in [1.29, 1.82) is 0 Å². The van der Waals surface area contributed by atoms with Gasteiger partial charge in [-0.3, -0.25) is 0 Å². The van der Waals surface area contributed by atoms with E-state index in [9.17, 15) is 0 Å². The molecule has 0 aliphatic carbocycles. The van der Waals surface area contributed by atoms with E-state index >= 15 is 0 Å². The summed E-state index contributed by atoms with van der Waals surface area (Å²) in [6, 6.07) is 4.18. The van der Waals surface area contributed by atoms with Crippen LogP contribution in [0.3, 0.4) is 0 Å². The minimum Gasteiger partial charge on any atom is -0.486 e. The monoisotopic (exact) mass is 267 g/mol. The molecule has 0 aromatic heterocycles. The standard InChI is InChI=1S/C14H21NO2S/c1-14(2,3)15-9-10-7-11-12(8-13(10)18-4)17-6-5-16-11/h7-8,15H,5-6,9H2,1-4H3. The van der Waals surface area contributed by atoms with Crippen LogP contribution in [-0.2, 0) is 6.54 Å². The Morgan fingerprint density at radius 2 is 1.78 bits per heavy atom. The van der Waals surface area contributed by atoms with Crippen molar-refractivity contribution < 1.29 is 9.47 Å². The molecule has 3 nitrogen and oxygen atoms in total. The molecule has 0 amide bonds. The van der Waals surface area contributed by atoms with E-state index in [4.69, 9.17) is 9.47 Å². The number of fused-ring (bicyclic) bond motifs is 1. The summed E-state index contributed by atoms with van der Waals surface area (Å²) in [6.07, 6.45) is 2.09. The van der Waals surface area contributed by atoms with Crippen molar-refractivity contribution in [3.05, 3.63) is 17.7 Å². The number of benzene rings is 1. The molecule has 1 aliphatic heterocycles. The summed E-state index contributed by atoms with van der Waals surface area (Å²) in [4.78, 5) is 1.25. The molecule has 0 saturated carbocycles. The summed E-state index contributed by atoms with van der Waals surface area (Å²) in [7, 11) is 0. The van der Waals surface area contributed by atoms with E-state index in [1.165, 1.54) is 10.5 Å². The zero-order valence-corrected chi connectivity index (χ0v) is 12.3. The minimum absolute atomic E-state index is 0.114. The highest BCUT2D eigenvalue weighted by Gasteiger charge is 2.17. The van der Waals surface area contributed by atoms with Crippen LogP contribution in [0.1, 0.15) is 26.3 Å². The average molecular weight is 267 g/mol. The predicted octanol–water partition coefficient (Wildman–Crippen LogP) is 3.07. The fraction of sp³-hybridized carbons (Fsp3) is 0.571. The lowest BCUT2D eigenvalue weighted by Gasteiger charge is -2.24. The van der Waals surface area contributed by atoms with E-state index in [1.54, 1.807) is 11.8 Å². The number of hydrogen-bond acceptors (Lipinski definition) is 4. The van der Waals surface area contributed by atoms with Gasteiger partial charge in [-0.15, -0.1) is 11.8 Å². The van der Waals surface area contributed by atoms with E-state index in [-0.39, 0.29) is 5.54 Å². The SMILES string of the molecule is CSc1cc2c(cc1CNC(C)(C)C)OCCO2. The van der Waals surface area contributed by atoms with Crippen molar-refractivity contribution in [2.45, 2.75) is 37.8 Å². The molecule has 0 atom stereocenters. The molecule has 0 fully saturated rings. The maximum atomic E-state index is 5.63. The Morgan fingerprint density at radius 3 is 2.33 bits per heavy atom. The van der Waals surface area contributed by atoms with Crippen molar-refractivity contribution in [3.63, 3.8) is 0 Å². The van der Waals surface area contributed by atoms with Crippen molar-refractivity contribution in [1.82, 2.24) is 5.32 Å². The van der Waals surface area contributed by atoms with Crippen LogP contribution in [0.4, 0.5) is 0 Å². The molecule has 1 N–H and O–H groups in total. The normalized spacial score (nSPS) is 14.7. The Hall–Kier alpha value is -0.870. The summed E-state index contributed by atoms with van der Waals surface area (Å²) in [5, 5.41) is 3.51. The quantitative estimate of drug-likeness (QED) is 0.853. The molecule has 4 heteroatoms. The number of rotatable bonds is 3. The van der Waals surface area contributed by atoms with Crippen molar-refractivity contribution in [2.75, 3.05) is 19.5 Å². The van der Waals surface area contributed by atoms with Gasteiger partial charge in [0.2, 0.25) is 0 Å². The van der Waals surface area contributed by atoms with E-state index in [1.807, 2.05) is 0 Å². The van der Waals surface area contributed by atoms with Gasteiger partial charge in [0, 0.05) is 17.0 Å². The zero-order valence-electron chi connectivity index (χ0n) is 11.5. The van der Waals surface area contributed by atoms with Crippen LogP contribution in [0.2, 0.25) is 0 Å². The molecule has 1 aromatic carbocycles. The molecule has 1 aliphatic rings. The second-order valence-electron chi connectivity index (χ2n) is 5.41. The second kappa shape index (κ2) is 5.41. The molecule has 1 aromatic rings. The lowest BCUT2D eigenvalue weighted by atomic mass is 10.1. The van der Waals surface area contributed by atoms with Gasteiger partial charge in [-0.05, 0) is 44.7 Å². The van der Waals surface area contributed by atoms with Crippen LogP contribution in [0.5, 0.6) is 11.5 Å². The third kappa shape index (κ3) is 3.33. The van der Waals surface area contributed by atoms with Crippen LogP contribution in [0.25, 0.3) is 0 Å². The van der Waals surface area contributed by atoms with Gasteiger partial charge in [-0.1, -0.05) is 0 Å². The molecule has 18 heavy (non-hydrogen) atoms. The predicted molar refractivity (Wildman–Crippen MR) is 75.8 cm³/mol. The van der Waals surface area contributed by atoms with Crippen LogP contribution < -0.4 is 14.8 Å². The largest absolute Gasteiger partial charge is 0.486 e. The molecule has 0 bridgehead atoms. The number of nitrogens with one attached hydrogen (secondary N) is 1. The van der Waals surface area contributed by atoms with Gasteiger partial charge < -0.3 is 14.8 Å². The highest BCUT2D eigenvalue weighted by Crippen LogP contribution is 2.36. The second-order valence-corrected chi connectivity index (χ2v) is 6.26. The summed E-state index contributed by atoms with van der Waals surface area (Å²) in [6.45, 7) is 8.63. The van der Waals surface area contributed by atoms with Gasteiger partial charge in [0.05, 0.1) is 0 Å². The van der Waals surface area contributed by atoms with E-state index < -0.39 is 0 Å². The first-order valence-electron chi connectivity index (χ1n) is 6.21.